The van der Waals surface area contributed by atoms with Gasteiger partial charge in [-0.1, -0.05) is 24.3 Å². The van der Waals surface area contributed by atoms with Crippen molar-refractivity contribution in [2.24, 2.45) is 0 Å². The van der Waals surface area contributed by atoms with Crippen LogP contribution in [0.3, 0.4) is 0 Å². The van der Waals surface area contributed by atoms with Gasteiger partial charge >= 0.3 is 6.18 Å². The average molecular weight is 589 g/mol. The number of halogens is 3. The Labute approximate surface area is 234 Å². The van der Waals surface area contributed by atoms with Crippen LogP contribution in [0.1, 0.15) is 33.6 Å². The van der Waals surface area contributed by atoms with E-state index in [4.69, 9.17) is 9.47 Å². The number of morpholine rings is 2. The number of sulfone groups is 1. The van der Waals surface area contributed by atoms with Gasteiger partial charge in [-0.05, 0) is 30.2 Å². The summed E-state index contributed by atoms with van der Waals surface area (Å²) in [7, 11) is -4.44. The molecule has 2 aromatic carbocycles. The first-order valence-corrected chi connectivity index (χ1v) is 15.1. The van der Waals surface area contributed by atoms with Crippen molar-refractivity contribution in [1.29, 1.82) is 0 Å². The summed E-state index contributed by atoms with van der Waals surface area (Å²) in [6.07, 6.45) is -4.24. The number of hydrogen-bond donors (Lipinski definition) is 0. The lowest BCUT2D eigenvalue weighted by atomic mass is 10.0. The number of fused-ring (bicyclic) bond motifs is 4. The van der Waals surface area contributed by atoms with Crippen LogP contribution in [0.5, 0.6) is 0 Å². The van der Waals surface area contributed by atoms with Crippen molar-refractivity contribution in [2.45, 2.75) is 41.9 Å². The molecule has 0 spiro atoms. The number of ether oxygens (including phenoxy) is 2. The minimum absolute atomic E-state index is 0.0524. The maximum absolute atomic E-state index is 14.0. The Hall–Kier alpha value is -3.26. The first-order valence-electron chi connectivity index (χ1n) is 13.5. The molecule has 9 nitrogen and oxygen atoms in total. The van der Waals surface area contributed by atoms with Gasteiger partial charge in [0.05, 0.1) is 59.6 Å². The van der Waals surface area contributed by atoms with E-state index >= 15 is 0 Å². The number of aromatic nitrogens is 2. The Balaban J connectivity index is 1.36. The lowest BCUT2D eigenvalue weighted by Gasteiger charge is -2.27. The van der Waals surface area contributed by atoms with E-state index < -0.39 is 38.1 Å². The van der Waals surface area contributed by atoms with E-state index in [-0.39, 0.29) is 34.7 Å². The highest BCUT2D eigenvalue weighted by atomic mass is 32.2. The fourth-order valence-corrected chi connectivity index (χ4v) is 7.87. The second-order valence-electron chi connectivity index (χ2n) is 10.8. The summed E-state index contributed by atoms with van der Waals surface area (Å²) in [5.74, 6) is -1.19. The number of benzene rings is 2. The van der Waals surface area contributed by atoms with E-state index in [9.17, 15) is 26.4 Å². The fourth-order valence-electron chi connectivity index (χ4n) is 6.05. The normalized spacial score (nSPS) is 23.4. The van der Waals surface area contributed by atoms with E-state index in [2.05, 4.69) is 10.00 Å². The van der Waals surface area contributed by atoms with Gasteiger partial charge in [0, 0.05) is 37.3 Å². The van der Waals surface area contributed by atoms with Gasteiger partial charge in [0.1, 0.15) is 0 Å². The van der Waals surface area contributed by atoms with Crippen molar-refractivity contribution >= 4 is 15.7 Å². The molecule has 13 heteroatoms. The highest BCUT2D eigenvalue weighted by molar-refractivity contribution is 7.91. The van der Waals surface area contributed by atoms with Crippen LogP contribution in [0.25, 0.3) is 16.9 Å². The third kappa shape index (κ3) is 4.64. The van der Waals surface area contributed by atoms with Crippen LogP contribution in [-0.2, 0) is 37.8 Å². The van der Waals surface area contributed by atoms with Gasteiger partial charge in [-0.2, -0.15) is 18.3 Å². The topological polar surface area (TPSA) is 94.0 Å². The van der Waals surface area contributed by atoms with Crippen molar-refractivity contribution < 1.29 is 35.9 Å². The van der Waals surface area contributed by atoms with Gasteiger partial charge in [-0.25, -0.2) is 13.1 Å². The molecule has 7 rings (SSSR count). The van der Waals surface area contributed by atoms with Crippen LogP contribution < -0.4 is 0 Å². The molecule has 1 aliphatic carbocycles. The molecule has 2 saturated heterocycles. The van der Waals surface area contributed by atoms with Crippen LogP contribution in [0.4, 0.5) is 13.2 Å². The molecule has 4 heterocycles. The Morgan fingerprint density at radius 2 is 1.78 bits per heavy atom. The second kappa shape index (κ2) is 9.65. The van der Waals surface area contributed by atoms with E-state index in [0.717, 1.165) is 24.7 Å². The smallest absolute Gasteiger partial charge is 0.379 e. The monoisotopic (exact) mass is 588 g/mol. The molecule has 3 aromatic rings. The van der Waals surface area contributed by atoms with Crippen molar-refractivity contribution in [3.05, 3.63) is 64.8 Å². The minimum Gasteiger partial charge on any atom is -0.379 e. The van der Waals surface area contributed by atoms with Gasteiger partial charge in [0.15, 0.2) is 15.5 Å². The van der Waals surface area contributed by atoms with Crippen LogP contribution in [0.15, 0.2) is 47.4 Å². The van der Waals surface area contributed by atoms with E-state index in [1.54, 1.807) is 17.0 Å². The van der Waals surface area contributed by atoms with E-state index in [0.29, 0.717) is 45.0 Å². The van der Waals surface area contributed by atoms with E-state index in [1.165, 1.54) is 16.8 Å². The first kappa shape index (κ1) is 26.6. The summed E-state index contributed by atoms with van der Waals surface area (Å²) in [6.45, 7) is 4.37. The summed E-state index contributed by atoms with van der Waals surface area (Å²) >= 11 is 0. The van der Waals surface area contributed by atoms with Crippen LogP contribution in [0.2, 0.25) is 0 Å². The molecular weight excluding hydrogens is 561 g/mol. The van der Waals surface area contributed by atoms with Crippen LogP contribution in [-0.4, -0.2) is 85.5 Å². The molecule has 3 aliphatic heterocycles. The molecule has 3 fully saturated rings. The Morgan fingerprint density at radius 3 is 2.51 bits per heavy atom. The maximum Gasteiger partial charge on any atom is 0.417 e. The quantitative estimate of drug-likeness (QED) is 0.462. The number of alkyl halides is 3. The average Bonchev–Trinajstić information content (AvgIpc) is 3.66. The van der Waals surface area contributed by atoms with Gasteiger partial charge in [-0.15, -0.1) is 0 Å². The highest BCUT2D eigenvalue weighted by Crippen LogP contribution is 2.46. The Morgan fingerprint density at radius 1 is 1.02 bits per heavy atom. The molecule has 216 valence electrons. The molecule has 1 aromatic heterocycles. The van der Waals surface area contributed by atoms with Crippen molar-refractivity contribution in [3.8, 4) is 16.9 Å². The third-order valence-electron chi connectivity index (χ3n) is 8.12. The minimum atomic E-state index is -4.88. The predicted octanol–water partition coefficient (Wildman–Crippen LogP) is 3.29. The highest BCUT2D eigenvalue weighted by Gasteiger charge is 2.50. The molecule has 4 aliphatic rings. The van der Waals surface area contributed by atoms with Gasteiger partial charge in [-0.3, -0.25) is 9.69 Å². The summed E-state index contributed by atoms with van der Waals surface area (Å²) in [5.41, 5.74) is 0.445. The molecule has 1 amide bonds. The van der Waals surface area contributed by atoms with Crippen molar-refractivity contribution in [1.82, 2.24) is 19.6 Å². The number of amides is 1. The zero-order chi connectivity index (χ0) is 28.5. The lowest BCUT2D eigenvalue weighted by Crippen LogP contribution is -2.41. The fraction of sp³-hybridized carbons (Fsp3) is 0.429. The standard InChI is InChI=1S/C28H27F3N4O5S/c29-28(30,31)21-3-1-2-19-25-20(16-41(37,38)26(19)21)24(27(36)34-10-13-40-23-14-22(23)34)32-35(25)18-6-4-17(5-7-18)15-33-8-11-39-12-9-33/h1-7,22-23H,8-16H2. The third-order valence-corrected chi connectivity index (χ3v) is 9.85. The van der Waals surface area contributed by atoms with Crippen molar-refractivity contribution in [2.75, 3.05) is 39.5 Å². The SMILES string of the molecule is O=C(c1nn(-c2ccc(CN3CCOCC3)cc2)c2c1CS(=O)(=O)c1c-2cccc1C(F)(F)F)N1CCOC2CC21. The summed E-state index contributed by atoms with van der Waals surface area (Å²) in [6, 6.07) is 10.6. The van der Waals surface area contributed by atoms with Gasteiger partial charge in [0.25, 0.3) is 5.91 Å². The molecule has 41 heavy (non-hydrogen) atoms. The molecule has 0 bridgehead atoms. The number of rotatable bonds is 4. The number of carbonyl (C=O) groups is 1. The largest absolute Gasteiger partial charge is 0.417 e. The molecule has 0 N–H and O–H groups in total. The van der Waals surface area contributed by atoms with Gasteiger partial charge < -0.3 is 14.4 Å². The second-order valence-corrected chi connectivity index (χ2v) is 12.7. The van der Waals surface area contributed by atoms with Crippen molar-refractivity contribution in [3.63, 3.8) is 0 Å². The molecule has 0 radical (unpaired) electrons. The van der Waals surface area contributed by atoms with Gasteiger partial charge in [0.2, 0.25) is 0 Å². The Bertz CT molecular complexity index is 1630. The van der Waals surface area contributed by atoms with Crippen LogP contribution >= 0.6 is 0 Å². The lowest BCUT2D eigenvalue weighted by molar-refractivity contribution is -0.139. The summed E-state index contributed by atoms with van der Waals surface area (Å²) < 4.78 is 81.3. The van der Waals surface area contributed by atoms with Crippen LogP contribution in [0, 0.1) is 0 Å². The number of hydrogen-bond acceptors (Lipinski definition) is 7. The zero-order valence-corrected chi connectivity index (χ0v) is 22.7. The molecule has 1 saturated carbocycles. The zero-order valence-electron chi connectivity index (χ0n) is 21.9. The maximum atomic E-state index is 14.0. The summed E-state index contributed by atoms with van der Waals surface area (Å²) in [4.78, 5) is 16.9. The molecule has 2 unspecified atom stereocenters. The van der Waals surface area contributed by atoms with E-state index in [1.807, 2.05) is 12.1 Å². The Kier molecular flexibility index (Phi) is 6.27. The number of nitrogens with zero attached hydrogens (tertiary/aromatic N) is 4. The molecular formula is C28H27F3N4O5S. The summed E-state index contributed by atoms with van der Waals surface area (Å²) in [5, 5.41) is 4.60. The number of carbonyl (C=O) groups excluding carboxylic acids is 1. The molecule has 2 atom stereocenters. The predicted molar refractivity (Wildman–Crippen MR) is 140 cm³/mol. The first-order chi connectivity index (χ1) is 19.6.